The quantitative estimate of drug-likeness (QED) is 0.758. The molecular formula is C19H26NO+. The Morgan fingerprint density at radius 2 is 1.67 bits per heavy atom. The fourth-order valence-electron chi connectivity index (χ4n) is 5.07. The van der Waals surface area contributed by atoms with Gasteiger partial charge in [0.15, 0.2) is 5.71 Å². The minimum absolute atomic E-state index is 0.421. The average Bonchev–Trinajstić information content (AvgIpc) is 3.16. The zero-order valence-corrected chi connectivity index (χ0v) is 13.0. The average molecular weight is 284 g/mol. The molecule has 3 aliphatic rings. The lowest BCUT2D eigenvalue weighted by Gasteiger charge is -2.34. The molecule has 2 saturated carbocycles. The Kier molecular flexibility index (Phi) is 3.58. The first-order chi connectivity index (χ1) is 10.4. The van der Waals surface area contributed by atoms with Crippen molar-refractivity contribution in [1.29, 1.82) is 0 Å². The summed E-state index contributed by atoms with van der Waals surface area (Å²) in [6, 6.07) is 11.1. The largest absolute Gasteiger partial charge is 0.381 e. The maximum Gasteiger partial charge on any atom is 0.161 e. The summed E-state index contributed by atoms with van der Waals surface area (Å²) in [6.07, 6.45) is 7.05. The van der Waals surface area contributed by atoms with E-state index in [1.165, 1.54) is 50.8 Å². The van der Waals surface area contributed by atoms with Crippen molar-refractivity contribution in [3.05, 3.63) is 35.9 Å². The van der Waals surface area contributed by atoms with Crippen molar-refractivity contribution in [2.24, 2.45) is 11.8 Å². The summed E-state index contributed by atoms with van der Waals surface area (Å²) in [5.74, 6) is 2.12. The molecule has 3 fully saturated rings. The van der Waals surface area contributed by atoms with Crippen LogP contribution < -0.4 is 0 Å². The molecule has 112 valence electrons. The van der Waals surface area contributed by atoms with Gasteiger partial charge < -0.3 is 4.74 Å². The van der Waals surface area contributed by atoms with Crippen LogP contribution in [-0.2, 0) is 4.74 Å². The molecule has 0 amide bonds. The van der Waals surface area contributed by atoms with Crippen molar-refractivity contribution in [2.45, 2.75) is 44.1 Å². The number of hydrogen-bond donors (Lipinski definition) is 0. The van der Waals surface area contributed by atoms with Crippen LogP contribution in [0.4, 0.5) is 0 Å². The molecule has 2 nitrogen and oxygen atoms in total. The molecule has 0 aromatic heterocycles. The lowest BCUT2D eigenvalue weighted by atomic mass is 9.73. The number of rotatable bonds is 2. The molecule has 4 rings (SSSR count). The van der Waals surface area contributed by atoms with Crippen molar-refractivity contribution in [3.63, 3.8) is 0 Å². The van der Waals surface area contributed by atoms with Crippen LogP contribution in [-0.4, -0.2) is 36.6 Å². The van der Waals surface area contributed by atoms with Gasteiger partial charge in [0.25, 0.3) is 0 Å². The van der Waals surface area contributed by atoms with Crippen LogP contribution in [0.2, 0.25) is 0 Å². The smallest absolute Gasteiger partial charge is 0.161 e. The van der Waals surface area contributed by atoms with E-state index in [9.17, 15) is 0 Å². The van der Waals surface area contributed by atoms with Gasteiger partial charge in [-0.1, -0.05) is 30.3 Å². The first kappa shape index (κ1) is 13.5. The maximum absolute atomic E-state index is 5.92. The fraction of sp³-hybridized carbons (Fsp3) is 0.632. The second kappa shape index (κ2) is 5.57. The summed E-state index contributed by atoms with van der Waals surface area (Å²) in [7, 11) is 1.91. The van der Waals surface area contributed by atoms with Crippen molar-refractivity contribution in [1.82, 2.24) is 0 Å². The Morgan fingerprint density at radius 1 is 0.952 bits per heavy atom. The van der Waals surface area contributed by atoms with Gasteiger partial charge in [-0.25, -0.2) is 4.58 Å². The zero-order chi connectivity index (χ0) is 14.2. The summed E-state index contributed by atoms with van der Waals surface area (Å²) in [5, 5.41) is 0. The van der Waals surface area contributed by atoms with E-state index < -0.39 is 0 Å². The number of methoxy groups -OCH3 is 1. The van der Waals surface area contributed by atoms with Gasteiger partial charge in [-0.05, 0) is 30.7 Å². The molecule has 0 N–H and O–H groups in total. The third kappa shape index (κ3) is 2.24. The Hall–Kier alpha value is -1.15. The van der Waals surface area contributed by atoms with Crippen LogP contribution in [0.25, 0.3) is 0 Å². The summed E-state index contributed by atoms with van der Waals surface area (Å²) >= 11 is 0. The van der Waals surface area contributed by atoms with E-state index >= 15 is 0 Å². The van der Waals surface area contributed by atoms with Crippen molar-refractivity contribution < 1.29 is 9.31 Å². The predicted octanol–water partition coefficient (Wildman–Crippen LogP) is 3.46. The van der Waals surface area contributed by atoms with Crippen LogP contribution >= 0.6 is 0 Å². The van der Waals surface area contributed by atoms with Gasteiger partial charge >= 0.3 is 0 Å². The third-order valence-electron chi connectivity index (χ3n) is 5.97. The summed E-state index contributed by atoms with van der Waals surface area (Å²) in [5.41, 5.74) is 3.26. The van der Waals surface area contributed by atoms with E-state index in [1.807, 2.05) is 7.11 Å². The third-order valence-corrected chi connectivity index (χ3v) is 5.97. The molecule has 2 bridgehead atoms. The Bertz CT molecular complexity index is 528. The standard InChI is InChI=1S/C19H26NO/c1-21-18-13-17(14-7-3-2-4-8-14)15-9-10-16(18)19(15)20-11-5-6-12-20/h2-4,7-8,15-18H,5-6,9-13H2,1H3/q+1/t15-,16+,17+,18?/m0/s1. The zero-order valence-electron chi connectivity index (χ0n) is 13.0. The number of hydrogen-bond acceptors (Lipinski definition) is 1. The Morgan fingerprint density at radius 3 is 2.38 bits per heavy atom. The number of fused-ring (bicyclic) bond motifs is 2. The van der Waals surface area contributed by atoms with E-state index in [4.69, 9.17) is 4.74 Å². The van der Waals surface area contributed by atoms with Crippen LogP contribution in [0.1, 0.15) is 43.6 Å². The van der Waals surface area contributed by atoms with Crippen molar-refractivity contribution in [2.75, 3.05) is 20.2 Å². The Balaban J connectivity index is 1.75. The first-order valence-corrected chi connectivity index (χ1v) is 8.58. The molecule has 1 saturated heterocycles. The molecule has 1 aliphatic heterocycles. The predicted molar refractivity (Wildman–Crippen MR) is 85.0 cm³/mol. The van der Waals surface area contributed by atoms with Crippen molar-refractivity contribution >= 4 is 5.71 Å². The van der Waals surface area contributed by atoms with Gasteiger partial charge in [0, 0.05) is 25.9 Å². The molecule has 1 heterocycles. The summed E-state index contributed by atoms with van der Waals surface area (Å²) < 4.78 is 8.63. The highest BCUT2D eigenvalue weighted by Gasteiger charge is 2.52. The lowest BCUT2D eigenvalue weighted by Crippen LogP contribution is -2.42. The molecule has 1 aromatic rings. The molecule has 0 radical (unpaired) electrons. The summed E-state index contributed by atoms with van der Waals surface area (Å²) in [4.78, 5) is 0. The lowest BCUT2D eigenvalue weighted by molar-refractivity contribution is -0.511. The second-order valence-corrected chi connectivity index (χ2v) is 6.94. The topological polar surface area (TPSA) is 12.2 Å². The molecule has 2 aliphatic carbocycles. The van der Waals surface area contributed by atoms with E-state index in [-0.39, 0.29) is 0 Å². The second-order valence-electron chi connectivity index (χ2n) is 6.94. The van der Waals surface area contributed by atoms with Crippen LogP contribution in [0.5, 0.6) is 0 Å². The van der Waals surface area contributed by atoms with Crippen LogP contribution in [0, 0.1) is 11.8 Å². The molecular weight excluding hydrogens is 258 g/mol. The molecule has 1 unspecified atom stereocenters. The Labute approximate surface area is 127 Å². The van der Waals surface area contributed by atoms with Crippen LogP contribution in [0.15, 0.2) is 30.3 Å². The monoisotopic (exact) mass is 284 g/mol. The molecule has 4 atom stereocenters. The molecule has 0 spiro atoms. The SMILES string of the molecule is COC1C[C@H](c2ccccc2)[C@@H]2CC[C@H]1C2=[N+]1CCCC1. The highest BCUT2D eigenvalue weighted by Crippen LogP contribution is 2.49. The number of ether oxygens (including phenoxy) is 1. The first-order valence-electron chi connectivity index (χ1n) is 8.58. The maximum atomic E-state index is 5.92. The molecule has 2 heteroatoms. The highest BCUT2D eigenvalue weighted by molar-refractivity contribution is 5.89. The van der Waals surface area contributed by atoms with Crippen molar-refractivity contribution in [3.8, 4) is 0 Å². The van der Waals surface area contributed by atoms with Crippen LogP contribution in [0.3, 0.4) is 0 Å². The minimum Gasteiger partial charge on any atom is -0.381 e. The number of benzene rings is 1. The summed E-state index contributed by atoms with van der Waals surface area (Å²) in [6.45, 7) is 2.56. The molecule has 1 aromatic carbocycles. The van der Waals surface area contributed by atoms with Gasteiger partial charge in [-0.15, -0.1) is 0 Å². The molecule has 21 heavy (non-hydrogen) atoms. The van der Waals surface area contributed by atoms with E-state index in [1.54, 1.807) is 5.71 Å². The van der Waals surface area contributed by atoms with Gasteiger partial charge in [-0.2, -0.15) is 0 Å². The van der Waals surface area contributed by atoms with E-state index in [0.29, 0.717) is 17.9 Å². The number of nitrogens with zero attached hydrogens (tertiary/aromatic N) is 1. The van der Waals surface area contributed by atoms with E-state index in [2.05, 4.69) is 34.9 Å². The minimum atomic E-state index is 0.421. The van der Waals surface area contributed by atoms with Gasteiger partial charge in [-0.3, -0.25) is 0 Å². The van der Waals surface area contributed by atoms with Gasteiger partial charge in [0.2, 0.25) is 0 Å². The van der Waals surface area contributed by atoms with Gasteiger partial charge in [0.1, 0.15) is 13.1 Å². The van der Waals surface area contributed by atoms with E-state index in [0.717, 1.165) is 5.92 Å². The fourth-order valence-corrected chi connectivity index (χ4v) is 5.07. The highest BCUT2D eigenvalue weighted by atomic mass is 16.5. The normalized spacial score (nSPS) is 35.5. The van der Waals surface area contributed by atoms with Gasteiger partial charge in [0.05, 0.1) is 12.0 Å².